The molecule has 4 heterocycles. The lowest BCUT2D eigenvalue weighted by Crippen LogP contribution is -2.44. The summed E-state index contributed by atoms with van der Waals surface area (Å²) in [5, 5.41) is 0. The van der Waals surface area contributed by atoms with Crippen molar-refractivity contribution in [3.8, 4) is 11.8 Å². The van der Waals surface area contributed by atoms with E-state index >= 15 is 0 Å². The minimum Gasteiger partial charge on any atom is -0.462 e. The molecule has 0 saturated carbocycles. The molecule has 39 heavy (non-hydrogen) atoms. The van der Waals surface area contributed by atoms with Crippen molar-refractivity contribution in [1.82, 2.24) is 18.7 Å². The molecule has 1 unspecified atom stereocenters. The van der Waals surface area contributed by atoms with Crippen LogP contribution in [0.1, 0.15) is 39.0 Å². The molecule has 0 bridgehead atoms. The number of anilines is 1. The topological polar surface area (TPSA) is 127 Å². The highest BCUT2D eigenvalue weighted by Crippen LogP contribution is 2.25. The molecular weight excluding hydrogens is 500 g/mol. The van der Waals surface area contributed by atoms with Crippen molar-refractivity contribution >= 4 is 22.9 Å². The molecule has 0 spiro atoms. The highest BCUT2D eigenvalue weighted by atomic mass is 16.5. The predicted molar refractivity (Wildman–Crippen MR) is 147 cm³/mol. The van der Waals surface area contributed by atoms with Crippen LogP contribution in [0.3, 0.4) is 0 Å². The Morgan fingerprint density at radius 2 is 2.08 bits per heavy atom. The first kappa shape index (κ1) is 26.3. The van der Waals surface area contributed by atoms with Crippen molar-refractivity contribution < 1.29 is 14.3 Å². The molecule has 1 aliphatic carbocycles. The molecule has 1 saturated heterocycles. The second-order valence-corrected chi connectivity index (χ2v) is 9.87. The Morgan fingerprint density at radius 1 is 1.23 bits per heavy atom. The summed E-state index contributed by atoms with van der Waals surface area (Å²) >= 11 is 0. The zero-order valence-electron chi connectivity index (χ0n) is 22.2. The second-order valence-electron chi connectivity index (χ2n) is 9.87. The molecule has 0 amide bonds. The minimum absolute atomic E-state index is 0.0147. The van der Waals surface area contributed by atoms with E-state index < -0.39 is 23.6 Å². The van der Waals surface area contributed by atoms with Gasteiger partial charge >= 0.3 is 5.69 Å². The van der Waals surface area contributed by atoms with Crippen molar-refractivity contribution in [3.63, 3.8) is 0 Å². The Kier molecular flexibility index (Phi) is 7.56. The average molecular weight is 533 g/mol. The molecule has 2 aliphatic heterocycles. The number of nitrogens with two attached hydrogens (primary N) is 1. The molecule has 5 rings (SSSR count). The van der Waals surface area contributed by atoms with Gasteiger partial charge in [0.05, 0.1) is 13.1 Å². The Balaban J connectivity index is 1.44. The molecule has 2 aromatic rings. The summed E-state index contributed by atoms with van der Waals surface area (Å²) in [6, 6.07) is -0.0147. The zero-order valence-corrected chi connectivity index (χ0v) is 22.2. The number of Topliss-reactive ketones (excluding diaryl/α,β-unsaturated/α-hetero) is 1. The van der Waals surface area contributed by atoms with Gasteiger partial charge in [0.15, 0.2) is 11.2 Å². The van der Waals surface area contributed by atoms with Gasteiger partial charge in [0.2, 0.25) is 17.5 Å². The van der Waals surface area contributed by atoms with Gasteiger partial charge < -0.3 is 20.1 Å². The van der Waals surface area contributed by atoms with Crippen molar-refractivity contribution in [3.05, 3.63) is 68.7 Å². The van der Waals surface area contributed by atoms with Crippen LogP contribution in [0.25, 0.3) is 11.2 Å². The second kappa shape index (κ2) is 11.2. The number of imidazole rings is 1. The van der Waals surface area contributed by atoms with Crippen LogP contribution < -0.4 is 21.9 Å². The SMILES string of the molecule is CC#CCn1c(N2CCCC(N)C2)nc2c1c(=O)n(CC(=O)C1=COC(CC3=CC=CCC3)=CO1)c(=O)n2C. The van der Waals surface area contributed by atoms with Crippen LogP contribution in [0.15, 0.2) is 57.4 Å². The minimum atomic E-state index is -0.653. The Labute approximate surface area is 225 Å². The fraction of sp³-hybridized carbons (Fsp3) is 0.429. The van der Waals surface area contributed by atoms with Gasteiger partial charge in [-0.05, 0) is 32.6 Å². The van der Waals surface area contributed by atoms with E-state index in [0.717, 1.165) is 36.8 Å². The van der Waals surface area contributed by atoms with Crippen LogP contribution in [0, 0.1) is 11.8 Å². The van der Waals surface area contributed by atoms with Gasteiger partial charge in [-0.1, -0.05) is 29.7 Å². The fourth-order valence-electron chi connectivity index (χ4n) is 5.01. The maximum atomic E-state index is 13.7. The molecule has 1 fully saturated rings. The molecule has 0 aromatic carbocycles. The summed E-state index contributed by atoms with van der Waals surface area (Å²) in [6.07, 6.45) is 13.1. The largest absolute Gasteiger partial charge is 0.462 e. The lowest BCUT2D eigenvalue weighted by Gasteiger charge is -2.31. The predicted octanol–water partition coefficient (Wildman–Crippen LogP) is 1.81. The van der Waals surface area contributed by atoms with Crippen LogP contribution in [0.2, 0.25) is 0 Å². The fourth-order valence-corrected chi connectivity index (χ4v) is 5.01. The number of allylic oxidation sites excluding steroid dienone is 5. The number of aryl methyl sites for hydroxylation is 1. The average Bonchev–Trinajstić information content (AvgIpc) is 3.33. The molecular formula is C28H32N6O5. The summed E-state index contributed by atoms with van der Waals surface area (Å²) in [5.41, 5.74) is 6.56. The quantitative estimate of drug-likeness (QED) is 0.535. The molecule has 11 nitrogen and oxygen atoms in total. The standard InChI is InChI=1S/C28H32N6O5/c1-3-4-13-33-24-25(30-27(33)32-12-8-11-20(29)15-32)31(2)28(37)34(26(24)36)16-22(35)23-18-38-21(17-39-23)14-19-9-6-5-7-10-19/h5-6,9,17-18,20H,7-8,10-16,29H2,1-2H3. The van der Waals surface area contributed by atoms with Crippen LogP contribution in [-0.4, -0.2) is 43.6 Å². The number of nitrogens with zero attached hydrogens (tertiary/aromatic N) is 5. The summed E-state index contributed by atoms with van der Waals surface area (Å²) in [7, 11) is 1.53. The summed E-state index contributed by atoms with van der Waals surface area (Å²) in [6.45, 7) is 2.72. The van der Waals surface area contributed by atoms with Gasteiger partial charge in [-0.15, -0.1) is 5.92 Å². The number of ketones is 1. The third-order valence-electron chi connectivity index (χ3n) is 7.08. The van der Waals surface area contributed by atoms with Crippen LogP contribution in [0.5, 0.6) is 0 Å². The monoisotopic (exact) mass is 532 g/mol. The molecule has 11 heteroatoms. The van der Waals surface area contributed by atoms with E-state index in [-0.39, 0.29) is 29.5 Å². The summed E-state index contributed by atoms with van der Waals surface area (Å²) in [4.78, 5) is 46.6. The van der Waals surface area contributed by atoms with E-state index in [9.17, 15) is 14.4 Å². The smallest absolute Gasteiger partial charge is 0.332 e. The number of fused-ring (bicyclic) bond motifs is 1. The van der Waals surface area contributed by atoms with Gasteiger partial charge in [0.1, 0.15) is 18.3 Å². The maximum absolute atomic E-state index is 13.7. The van der Waals surface area contributed by atoms with E-state index in [2.05, 4.69) is 22.9 Å². The third kappa shape index (κ3) is 5.33. The number of carbonyl (C=O) groups is 1. The number of piperidine rings is 1. The normalized spacial score (nSPS) is 18.9. The van der Waals surface area contributed by atoms with Crippen molar-refractivity contribution in [2.45, 2.75) is 58.2 Å². The Morgan fingerprint density at radius 3 is 2.77 bits per heavy atom. The lowest BCUT2D eigenvalue weighted by atomic mass is 10.0. The van der Waals surface area contributed by atoms with Crippen molar-refractivity contribution in [2.75, 3.05) is 18.0 Å². The molecule has 204 valence electrons. The van der Waals surface area contributed by atoms with Crippen LogP contribution >= 0.6 is 0 Å². The van der Waals surface area contributed by atoms with Crippen LogP contribution in [-0.2, 0) is 34.4 Å². The first-order valence-corrected chi connectivity index (χ1v) is 13.1. The van der Waals surface area contributed by atoms with E-state index in [0.29, 0.717) is 24.7 Å². The van der Waals surface area contributed by atoms with Gasteiger partial charge in [-0.25, -0.2) is 4.79 Å². The first-order valence-electron chi connectivity index (χ1n) is 13.1. The van der Waals surface area contributed by atoms with E-state index in [1.807, 2.05) is 17.1 Å². The van der Waals surface area contributed by atoms with E-state index in [1.165, 1.54) is 29.7 Å². The van der Waals surface area contributed by atoms with E-state index in [4.69, 9.17) is 15.2 Å². The lowest BCUT2D eigenvalue weighted by molar-refractivity contribution is -0.119. The van der Waals surface area contributed by atoms with Gasteiger partial charge in [-0.2, -0.15) is 4.98 Å². The van der Waals surface area contributed by atoms with Gasteiger partial charge in [-0.3, -0.25) is 23.3 Å². The number of carbonyl (C=O) groups excluding carboxylic acids is 1. The van der Waals surface area contributed by atoms with E-state index in [1.54, 1.807) is 11.5 Å². The first-order chi connectivity index (χ1) is 18.9. The van der Waals surface area contributed by atoms with Crippen molar-refractivity contribution in [2.24, 2.45) is 12.8 Å². The number of hydrogen-bond donors (Lipinski definition) is 1. The summed E-state index contributed by atoms with van der Waals surface area (Å²) < 4.78 is 15.0. The van der Waals surface area contributed by atoms with Crippen LogP contribution in [0.4, 0.5) is 5.95 Å². The number of rotatable bonds is 7. The molecule has 2 N–H and O–H groups in total. The number of hydrogen-bond acceptors (Lipinski definition) is 8. The zero-order chi connectivity index (χ0) is 27.5. The van der Waals surface area contributed by atoms with Gasteiger partial charge in [0.25, 0.3) is 5.56 Å². The maximum Gasteiger partial charge on any atom is 0.332 e. The third-order valence-corrected chi connectivity index (χ3v) is 7.08. The number of ether oxygens (including phenoxy) is 2. The number of aromatic nitrogens is 4. The Bertz CT molecular complexity index is 1610. The van der Waals surface area contributed by atoms with Gasteiger partial charge in [0, 0.05) is 32.6 Å². The molecule has 1 atom stereocenters. The molecule has 3 aliphatic rings. The molecule has 0 radical (unpaired) electrons. The highest BCUT2D eigenvalue weighted by Gasteiger charge is 2.27. The summed E-state index contributed by atoms with van der Waals surface area (Å²) in [5.74, 6) is 6.31. The highest BCUT2D eigenvalue weighted by molar-refractivity contribution is 5.93. The Hall–Kier alpha value is -4.30. The van der Waals surface area contributed by atoms with Crippen molar-refractivity contribution in [1.29, 1.82) is 0 Å². The molecule has 2 aromatic heterocycles.